The van der Waals surface area contributed by atoms with E-state index in [2.05, 4.69) is 20.8 Å². The monoisotopic (exact) mass is 425 g/mol. The second kappa shape index (κ2) is 8.43. The van der Waals surface area contributed by atoms with Crippen molar-refractivity contribution >= 4 is 23.6 Å². The van der Waals surface area contributed by atoms with E-state index in [9.17, 15) is 9.59 Å². The number of rotatable bonds is 3. The SMILES string of the molecule is CC(C)[C@H]1CC[C@H](C)C[C@H]1OC(=O)N1C(=O)c2ccccc2[C@H]1c1ccc(Cl)cc1. The lowest BCUT2D eigenvalue weighted by atomic mass is 9.75. The third kappa shape index (κ3) is 3.85. The number of nitrogens with zero attached hydrogens (tertiary/aromatic N) is 1. The number of imide groups is 1. The molecule has 0 radical (unpaired) electrons. The lowest BCUT2D eigenvalue weighted by Crippen LogP contribution is -2.42. The van der Waals surface area contributed by atoms with Crippen LogP contribution in [0.1, 0.15) is 67.6 Å². The van der Waals surface area contributed by atoms with E-state index in [1.54, 1.807) is 18.2 Å². The Morgan fingerprint density at radius 2 is 1.80 bits per heavy atom. The van der Waals surface area contributed by atoms with Gasteiger partial charge in [0, 0.05) is 10.6 Å². The first kappa shape index (κ1) is 20.9. The van der Waals surface area contributed by atoms with Gasteiger partial charge in [-0.1, -0.05) is 69.1 Å². The van der Waals surface area contributed by atoms with Crippen molar-refractivity contribution in [1.82, 2.24) is 4.90 Å². The van der Waals surface area contributed by atoms with Crippen molar-refractivity contribution < 1.29 is 14.3 Å². The highest BCUT2D eigenvalue weighted by atomic mass is 35.5. The molecule has 30 heavy (non-hydrogen) atoms. The molecule has 5 heteroatoms. The molecule has 4 rings (SSSR count). The van der Waals surface area contributed by atoms with E-state index in [1.807, 2.05) is 30.3 Å². The fourth-order valence-corrected chi connectivity index (χ4v) is 5.04. The predicted molar refractivity (Wildman–Crippen MR) is 118 cm³/mol. The Morgan fingerprint density at radius 3 is 2.50 bits per heavy atom. The van der Waals surface area contributed by atoms with E-state index in [0.717, 1.165) is 30.4 Å². The van der Waals surface area contributed by atoms with Gasteiger partial charge in [0.25, 0.3) is 5.91 Å². The molecule has 0 bridgehead atoms. The van der Waals surface area contributed by atoms with Gasteiger partial charge in [-0.25, -0.2) is 9.69 Å². The van der Waals surface area contributed by atoms with E-state index in [1.165, 1.54) is 4.90 Å². The van der Waals surface area contributed by atoms with Crippen LogP contribution in [0.15, 0.2) is 48.5 Å². The second-order valence-electron chi connectivity index (χ2n) is 8.96. The van der Waals surface area contributed by atoms with E-state index in [4.69, 9.17) is 16.3 Å². The molecule has 1 saturated carbocycles. The Bertz CT molecular complexity index is 940. The highest BCUT2D eigenvalue weighted by molar-refractivity contribution is 6.30. The van der Waals surface area contributed by atoms with Gasteiger partial charge in [0.2, 0.25) is 0 Å². The van der Waals surface area contributed by atoms with Crippen LogP contribution >= 0.6 is 11.6 Å². The quantitative estimate of drug-likeness (QED) is 0.565. The minimum Gasteiger partial charge on any atom is -0.445 e. The summed E-state index contributed by atoms with van der Waals surface area (Å²) in [6.07, 6.45) is 2.32. The number of hydrogen-bond acceptors (Lipinski definition) is 3. The lowest BCUT2D eigenvalue weighted by Gasteiger charge is -2.37. The summed E-state index contributed by atoms with van der Waals surface area (Å²) in [5.41, 5.74) is 2.21. The first-order chi connectivity index (χ1) is 14.4. The molecule has 1 fully saturated rings. The van der Waals surface area contributed by atoms with Gasteiger partial charge in [0.1, 0.15) is 6.10 Å². The zero-order valence-electron chi connectivity index (χ0n) is 17.7. The molecule has 1 aliphatic carbocycles. The summed E-state index contributed by atoms with van der Waals surface area (Å²) in [4.78, 5) is 27.9. The van der Waals surface area contributed by atoms with E-state index < -0.39 is 12.1 Å². The predicted octanol–water partition coefficient (Wildman–Crippen LogP) is 6.48. The zero-order valence-corrected chi connectivity index (χ0v) is 18.4. The summed E-state index contributed by atoms with van der Waals surface area (Å²) >= 11 is 6.06. The maximum atomic E-state index is 13.4. The maximum Gasteiger partial charge on any atom is 0.417 e. The highest BCUT2D eigenvalue weighted by Gasteiger charge is 2.44. The van der Waals surface area contributed by atoms with Crippen LogP contribution in [0.3, 0.4) is 0 Å². The smallest absolute Gasteiger partial charge is 0.417 e. The molecule has 2 aliphatic rings. The molecule has 0 N–H and O–H groups in total. The van der Waals surface area contributed by atoms with Crippen LogP contribution < -0.4 is 0 Å². The Balaban J connectivity index is 1.66. The second-order valence-corrected chi connectivity index (χ2v) is 9.40. The third-order valence-electron chi connectivity index (χ3n) is 6.56. The molecular weight excluding hydrogens is 398 g/mol. The normalized spacial score (nSPS) is 26.0. The van der Waals surface area contributed by atoms with Crippen LogP contribution in [0.4, 0.5) is 4.79 Å². The van der Waals surface area contributed by atoms with E-state index in [0.29, 0.717) is 28.3 Å². The number of ether oxygens (including phenoxy) is 1. The zero-order chi connectivity index (χ0) is 21.4. The number of halogens is 1. The van der Waals surface area contributed by atoms with Crippen LogP contribution in [0.25, 0.3) is 0 Å². The van der Waals surface area contributed by atoms with Crippen LogP contribution in [0.5, 0.6) is 0 Å². The van der Waals surface area contributed by atoms with Crippen LogP contribution in [-0.2, 0) is 4.74 Å². The number of hydrogen-bond donors (Lipinski definition) is 0. The first-order valence-corrected chi connectivity index (χ1v) is 11.1. The average molecular weight is 426 g/mol. The van der Waals surface area contributed by atoms with Crippen LogP contribution in [0, 0.1) is 17.8 Å². The molecule has 0 aromatic heterocycles. The number of benzene rings is 2. The third-order valence-corrected chi connectivity index (χ3v) is 6.81. The van der Waals surface area contributed by atoms with Crippen molar-refractivity contribution in [2.45, 2.75) is 52.2 Å². The number of carbonyl (C=O) groups is 2. The van der Waals surface area contributed by atoms with Gasteiger partial charge in [-0.2, -0.15) is 0 Å². The molecule has 2 aromatic rings. The number of fused-ring (bicyclic) bond motifs is 1. The summed E-state index contributed by atoms with van der Waals surface area (Å²) < 4.78 is 6.04. The van der Waals surface area contributed by atoms with Gasteiger partial charge in [0.15, 0.2) is 0 Å². The van der Waals surface area contributed by atoms with Crippen molar-refractivity contribution in [3.63, 3.8) is 0 Å². The first-order valence-electron chi connectivity index (χ1n) is 10.8. The van der Waals surface area contributed by atoms with Crippen molar-refractivity contribution in [2.24, 2.45) is 17.8 Å². The minimum absolute atomic E-state index is 0.163. The fraction of sp³-hybridized carbons (Fsp3) is 0.440. The Hall–Kier alpha value is -2.33. The summed E-state index contributed by atoms with van der Waals surface area (Å²) in [7, 11) is 0. The highest BCUT2D eigenvalue weighted by Crippen LogP contribution is 2.41. The molecule has 0 saturated heterocycles. The van der Waals surface area contributed by atoms with Gasteiger partial charge in [0.05, 0.1) is 6.04 Å². The van der Waals surface area contributed by atoms with Gasteiger partial charge in [-0.15, -0.1) is 0 Å². The van der Waals surface area contributed by atoms with Crippen molar-refractivity contribution in [2.75, 3.05) is 0 Å². The Morgan fingerprint density at radius 1 is 1.10 bits per heavy atom. The topological polar surface area (TPSA) is 46.6 Å². The molecule has 1 aliphatic heterocycles. The standard InChI is InChI=1S/C25H28ClNO3/c1-15(2)19-13-8-16(3)14-22(19)30-25(29)27-23(17-9-11-18(26)12-10-17)20-6-4-5-7-21(20)24(27)28/h4-7,9-12,15-16,19,22-23H,8,13-14H2,1-3H3/t16-,19+,22+,23+/m0/s1. The summed E-state index contributed by atoms with van der Waals surface area (Å²) in [5.74, 6) is 0.949. The van der Waals surface area contributed by atoms with E-state index >= 15 is 0 Å². The molecule has 4 atom stereocenters. The molecule has 4 nitrogen and oxygen atoms in total. The average Bonchev–Trinajstić information content (AvgIpc) is 3.01. The van der Waals surface area contributed by atoms with Gasteiger partial charge < -0.3 is 4.74 Å². The summed E-state index contributed by atoms with van der Waals surface area (Å²) in [6.45, 7) is 6.55. The maximum absolute atomic E-state index is 13.4. The fourth-order valence-electron chi connectivity index (χ4n) is 4.91. The van der Waals surface area contributed by atoms with Crippen LogP contribution in [0.2, 0.25) is 5.02 Å². The largest absolute Gasteiger partial charge is 0.445 e. The van der Waals surface area contributed by atoms with Gasteiger partial charge in [-0.3, -0.25) is 4.79 Å². The van der Waals surface area contributed by atoms with Crippen LogP contribution in [-0.4, -0.2) is 23.0 Å². The summed E-state index contributed by atoms with van der Waals surface area (Å²) in [6, 6.07) is 14.2. The minimum atomic E-state index is -0.555. The molecule has 0 spiro atoms. The number of amides is 2. The van der Waals surface area contributed by atoms with Crippen molar-refractivity contribution in [3.05, 3.63) is 70.2 Å². The molecule has 1 heterocycles. The molecule has 2 aromatic carbocycles. The lowest BCUT2D eigenvalue weighted by molar-refractivity contribution is -0.01000. The number of carbonyl (C=O) groups excluding carboxylic acids is 2. The Labute approximate surface area is 183 Å². The molecule has 158 valence electrons. The molecule has 0 unspecified atom stereocenters. The summed E-state index contributed by atoms with van der Waals surface area (Å²) in [5, 5.41) is 0.612. The van der Waals surface area contributed by atoms with Crippen molar-refractivity contribution in [1.29, 1.82) is 0 Å². The van der Waals surface area contributed by atoms with Gasteiger partial charge >= 0.3 is 6.09 Å². The molecule has 2 amide bonds. The van der Waals surface area contributed by atoms with Crippen molar-refractivity contribution in [3.8, 4) is 0 Å². The van der Waals surface area contributed by atoms with Gasteiger partial charge in [-0.05, 0) is 59.9 Å². The van der Waals surface area contributed by atoms with E-state index in [-0.39, 0.29) is 12.0 Å². The molecular formula is C25H28ClNO3. The Kier molecular flexibility index (Phi) is 5.88.